The number of hydrogen-bond acceptors (Lipinski definition) is 4. The van der Waals surface area contributed by atoms with Crippen LogP contribution in [0, 0.1) is 5.92 Å². The van der Waals surface area contributed by atoms with Gasteiger partial charge in [0.2, 0.25) is 5.91 Å². The smallest absolute Gasteiger partial charge is 0.408 e. The molecule has 220 valence electrons. The van der Waals surface area contributed by atoms with E-state index in [-0.39, 0.29) is 17.7 Å². The minimum absolute atomic E-state index is 0.121. The van der Waals surface area contributed by atoms with Gasteiger partial charge in [0.25, 0.3) is 5.91 Å². The maximum Gasteiger partial charge on any atom is 0.408 e. The lowest BCUT2D eigenvalue weighted by molar-refractivity contribution is -0.141. The predicted octanol–water partition coefficient (Wildman–Crippen LogP) is 7.26. The van der Waals surface area contributed by atoms with Crippen molar-refractivity contribution in [1.82, 2.24) is 10.2 Å². The zero-order chi connectivity index (χ0) is 30.2. The van der Waals surface area contributed by atoms with Crippen molar-refractivity contribution in [2.24, 2.45) is 5.92 Å². The zero-order valence-electron chi connectivity index (χ0n) is 25.5. The van der Waals surface area contributed by atoms with Gasteiger partial charge in [0.15, 0.2) is 0 Å². The first-order valence-corrected chi connectivity index (χ1v) is 14.6. The fourth-order valence-corrected chi connectivity index (χ4v) is 4.84. The molecule has 0 aliphatic carbocycles. The number of anilines is 1. The van der Waals surface area contributed by atoms with Crippen molar-refractivity contribution >= 4 is 34.4 Å². The normalized spacial score (nSPS) is 13.0. The first-order chi connectivity index (χ1) is 19.4. The Morgan fingerprint density at radius 1 is 0.902 bits per heavy atom. The fraction of sp³-hybridized carbons (Fsp3) is 0.441. The number of nitrogens with one attached hydrogen (secondary N) is 2. The van der Waals surface area contributed by atoms with Gasteiger partial charge in [-0.05, 0) is 80.0 Å². The molecule has 2 N–H and O–H groups in total. The molecule has 0 saturated heterocycles. The Balaban J connectivity index is 2.00. The van der Waals surface area contributed by atoms with Crippen LogP contribution in [0.5, 0.6) is 0 Å². The van der Waals surface area contributed by atoms with Crippen LogP contribution >= 0.6 is 0 Å². The van der Waals surface area contributed by atoms with Crippen molar-refractivity contribution in [3.63, 3.8) is 0 Å². The number of benzene rings is 3. The second-order valence-corrected chi connectivity index (χ2v) is 11.9. The van der Waals surface area contributed by atoms with Crippen molar-refractivity contribution in [3.05, 3.63) is 77.9 Å². The maximum absolute atomic E-state index is 14.2. The van der Waals surface area contributed by atoms with Gasteiger partial charge in [-0.25, -0.2) is 4.79 Å². The highest BCUT2D eigenvalue weighted by Crippen LogP contribution is 2.27. The topological polar surface area (TPSA) is 87.7 Å². The Morgan fingerprint density at radius 3 is 2.15 bits per heavy atom. The molecule has 3 rings (SSSR count). The third-order valence-corrected chi connectivity index (χ3v) is 6.72. The van der Waals surface area contributed by atoms with E-state index < -0.39 is 23.8 Å². The molecule has 0 bridgehead atoms. The molecule has 2 unspecified atom stereocenters. The van der Waals surface area contributed by atoms with E-state index in [4.69, 9.17) is 4.74 Å². The van der Waals surface area contributed by atoms with Gasteiger partial charge in [0, 0.05) is 12.2 Å². The molecule has 7 nitrogen and oxygen atoms in total. The van der Waals surface area contributed by atoms with E-state index in [1.54, 1.807) is 25.7 Å². The van der Waals surface area contributed by atoms with Crippen LogP contribution in [0.25, 0.3) is 10.8 Å². The standard InChI is InChI=1S/C34H45N3O4/c1-8-20-37(32(39)29(21-23(3)4)36-33(40)41-34(5,6)7)30(26-16-14-24(9-2)15-17-26)31(38)35-28-19-18-25-12-10-11-13-27(25)22-28/h10-19,22-23,29-30H,8-9,20-21H2,1-7H3,(H,35,38)(H,36,40). The van der Waals surface area contributed by atoms with Gasteiger partial charge in [0.1, 0.15) is 17.7 Å². The van der Waals surface area contributed by atoms with E-state index in [0.29, 0.717) is 30.6 Å². The number of nitrogens with zero attached hydrogens (tertiary/aromatic N) is 1. The number of amides is 3. The Morgan fingerprint density at radius 2 is 1.56 bits per heavy atom. The highest BCUT2D eigenvalue weighted by atomic mass is 16.6. The number of ether oxygens (including phenoxy) is 1. The van der Waals surface area contributed by atoms with E-state index in [9.17, 15) is 14.4 Å². The minimum atomic E-state index is -0.894. The molecule has 3 amide bonds. The first-order valence-electron chi connectivity index (χ1n) is 14.6. The van der Waals surface area contributed by atoms with E-state index in [2.05, 4.69) is 17.6 Å². The second kappa shape index (κ2) is 14.2. The van der Waals surface area contributed by atoms with Gasteiger partial charge in [0.05, 0.1) is 0 Å². The molecule has 7 heteroatoms. The summed E-state index contributed by atoms with van der Waals surface area (Å²) >= 11 is 0. The number of alkyl carbamates (subject to hydrolysis) is 1. The van der Waals surface area contributed by atoms with E-state index in [0.717, 1.165) is 22.8 Å². The highest BCUT2D eigenvalue weighted by molar-refractivity contribution is 6.00. The highest BCUT2D eigenvalue weighted by Gasteiger charge is 2.36. The first kappa shape index (κ1) is 31.7. The van der Waals surface area contributed by atoms with E-state index in [1.807, 2.05) is 87.5 Å². The van der Waals surface area contributed by atoms with Crippen LogP contribution in [0.1, 0.15) is 78.5 Å². The van der Waals surface area contributed by atoms with Crippen LogP contribution in [0.4, 0.5) is 10.5 Å². The number of rotatable bonds is 11. The summed E-state index contributed by atoms with van der Waals surface area (Å²) in [7, 11) is 0. The van der Waals surface area contributed by atoms with Crippen LogP contribution in [0.15, 0.2) is 66.7 Å². The van der Waals surface area contributed by atoms with Gasteiger partial charge >= 0.3 is 6.09 Å². The SMILES string of the molecule is CCCN(C(=O)C(CC(C)C)NC(=O)OC(C)(C)C)C(C(=O)Nc1ccc2ccccc2c1)c1ccc(CC)cc1. The largest absolute Gasteiger partial charge is 0.444 e. The van der Waals surface area contributed by atoms with E-state index in [1.165, 1.54) is 0 Å². The maximum atomic E-state index is 14.2. The molecule has 41 heavy (non-hydrogen) atoms. The molecule has 0 saturated carbocycles. The molecule has 0 aliphatic rings. The Labute approximate surface area is 244 Å². The molecule has 3 aromatic rings. The molecule has 0 fully saturated rings. The number of fused-ring (bicyclic) bond motifs is 1. The summed E-state index contributed by atoms with van der Waals surface area (Å²) in [6.07, 6.45) is 1.26. The van der Waals surface area contributed by atoms with Gasteiger partial charge in [-0.15, -0.1) is 0 Å². The fourth-order valence-electron chi connectivity index (χ4n) is 4.84. The number of carbonyl (C=O) groups is 3. The van der Waals surface area contributed by atoms with Crippen molar-refractivity contribution in [2.75, 3.05) is 11.9 Å². The molecular weight excluding hydrogens is 514 g/mol. The van der Waals surface area contributed by atoms with Crippen molar-refractivity contribution in [2.45, 2.75) is 85.4 Å². The third kappa shape index (κ3) is 9.07. The monoisotopic (exact) mass is 559 g/mol. The summed E-state index contributed by atoms with van der Waals surface area (Å²) in [5.74, 6) is -0.507. The molecule has 0 aliphatic heterocycles. The van der Waals surface area contributed by atoms with Crippen molar-refractivity contribution in [1.29, 1.82) is 0 Å². The van der Waals surface area contributed by atoms with Crippen molar-refractivity contribution in [3.8, 4) is 0 Å². The predicted molar refractivity (Wildman–Crippen MR) is 166 cm³/mol. The molecule has 3 aromatic carbocycles. The van der Waals surface area contributed by atoms with E-state index >= 15 is 0 Å². The summed E-state index contributed by atoms with van der Waals surface area (Å²) < 4.78 is 5.47. The van der Waals surface area contributed by atoms with Crippen LogP contribution in [0.3, 0.4) is 0 Å². The molecule has 0 spiro atoms. The number of aryl methyl sites for hydroxylation is 1. The summed E-state index contributed by atoms with van der Waals surface area (Å²) in [4.78, 5) is 42.6. The lowest BCUT2D eigenvalue weighted by Gasteiger charge is -2.35. The van der Waals surface area contributed by atoms with Gasteiger partial charge in [-0.1, -0.05) is 82.3 Å². The number of carbonyl (C=O) groups excluding carboxylic acids is 3. The van der Waals surface area contributed by atoms with Crippen LogP contribution in [-0.4, -0.2) is 41.0 Å². The average Bonchev–Trinajstić information content (AvgIpc) is 2.91. The van der Waals surface area contributed by atoms with Gasteiger partial charge < -0.3 is 20.3 Å². The molecule has 0 radical (unpaired) electrons. The minimum Gasteiger partial charge on any atom is -0.444 e. The molecule has 2 atom stereocenters. The Kier molecular flexibility index (Phi) is 10.9. The Bertz CT molecular complexity index is 1330. The summed E-state index contributed by atoms with van der Waals surface area (Å²) in [6.45, 7) is 13.7. The molecule has 0 heterocycles. The lowest BCUT2D eigenvalue weighted by atomic mass is 9.98. The van der Waals surface area contributed by atoms with Crippen LogP contribution in [-0.2, 0) is 20.7 Å². The molecular formula is C34H45N3O4. The summed E-state index contributed by atoms with van der Waals surface area (Å²) in [6, 6.07) is 19.8. The van der Waals surface area contributed by atoms with Crippen LogP contribution in [0.2, 0.25) is 0 Å². The quantitative estimate of drug-likeness (QED) is 0.259. The summed E-state index contributed by atoms with van der Waals surface area (Å²) in [5, 5.41) is 7.94. The second-order valence-electron chi connectivity index (χ2n) is 11.9. The zero-order valence-corrected chi connectivity index (χ0v) is 25.5. The lowest BCUT2D eigenvalue weighted by Crippen LogP contribution is -2.53. The number of hydrogen-bond donors (Lipinski definition) is 2. The summed E-state index contributed by atoms with van der Waals surface area (Å²) in [5.41, 5.74) is 1.79. The van der Waals surface area contributed by atoms with Gasteiger partial charge in [-0.3, -0.25) is 9.59 Å². The van der Waals surface area contributed by atoms with Gasteiger partial charge in [-0.2, -0.15) is 0 Å². The van der Waals surface area contributed by atoms with Crippen LogP contribution < -0.4 is 10.6 Å². The molecule has 0 aromatic heterocycles. The third-order valence-electron chi connectivity index (χ3n) is 6.72. The average molecular weight is 560 g/mol. The van der Waals surface area contributed by atoms with Crippen molar-refractivity contribution < 1.29 is 19.1 Å². The Hall–Kier alpha value is -3.87.